The van der Waals surface area contributed by atoms with Gasteiger partial charge in [0.05, 0.1) is 7.11 Å². The molecule has 104 valence electrons. The maximum atomic E-state index is 10.9. The summed E-state index contributed by atoms with van der Waals surface area (Å²) in [4.78, 5) is 10.9. The molecule has 0 amide bonds. The summed E-state index contributed by atoms with van der Waals surface area (Å²) in [6.07, 6.45) is 5.32. The first-order chi connectivity index (χ1) is 9.19. The molecular weight excluding hydrogens is 242 g/mol. The first-order valence-electron chi connectivity index (χ1n) is 6.44. The zero-order valence-corrected chi connectivity index (χ0v) is 11.4. The smallest absolute Gasteiger partial charge is 0.320 e. The Morgan fingerprint density at radius 1 is 1.47 bits per heavy atom. The summed E-state index contributed by atoms with van der Waals surface area (Å²) in [6, 6.07) is 7.22. The van der Waals surface area contributed by atoms with E-state index in [1.165, 1.54) is 0 Å². The lowest BCUT2D eigenvalue weighted by Crippen LogP contribution is -2.36. The van der Waals surface area contributed by atoms with Crippen LogP contribution in [-0.2, 0) is 4.79 Å². The zero-order valence-electron chi connectivity index (χ0n) is 11.4. The van der Waals surface area contributed by atoms with Gasteiger partial charge in [-0.05, 0) is 12.5 Å². The second-order valence-electron chi connectivity index (χ2n) is 4.23. The second-order valence-corrected chi connectivity index (χ2v) is 4.23. The van der Waals surface area contributed by atoms with Crippen molar-refractivity contribution in [2.24, 2.45) is 0 Å². The lowest BCUT2D eigenvalue weighted by molar-refractivity contribution is -0.139. The van der Waals surface area contributed by atoms with Crippen molar-refractivity contribution in [1.82, 2.24) is 5.32 Å². The molecule has 0 aliphatic carbocycles. The third kappa shape index (κ3) is 5.14. The number of carbonyl (C=O) groups is 1. The van der Waals surface area contributed by atoms with Crippen LogP contribution in [0, 0.1) is 0 Å². The Bertz CT molecular complexity index is 429. The Kier molecular flexibility index (Phi) is 6.68. The summed E-state index contributed by atoms with van der Waals surface area (Å²) in [5.41, 5.74) is 0.981. The number of carboxylic acid groups (broad SMARTS) is 1. The molecule has 1 unspecified atom stereocenters. The summed E-state index contributed by atoms with van der Waals surface area (Å²) in [5, 5.41) is 12.0. The predicted molar refractivity (Wildman–Crippen MR) is 76.4 cm³/mol. The van der Waals surface area contributed by atoms with Gasteiger partial charge in [0.1, 0.15) is 11.8 Å². The third-order valence-electron chi connectivity index (χ3n) is 2.79. The van der Waals surface area contributed by atoms with Crippen molar-refractivity contribution < 1.29 is 14.6 Å². The highest BCUT2D eigenvalue weighted by atomic mass is 16.5. The zero-order chi connectivity index (χ0) is 14.1. The van der Waals surface area contributed by atoms with E-state index in [4.69, 9.17) is 9.84 Å². The fourth-order valence-electron chi connectivity index (χ4n) is 1.80. The van der Waals surface area contributed by atoms with Gasteiger partial charge in [0.25, 0.3) is 0 Å². The Hall–Kier alpha value is -1.81. The number of hydrogen-bond acceptors (Lipinski definition) is 3. The van der Waals surface area contributed by atoms with Gasteiger partial charge in [0.15, 0.2) is 0 Å². The van der Waals surface area contributed by atoms with Crippen LogP contribution in [0.4, 0.5) is 0 Å². The molecule has 0 spiro atoms. The normalized spacial score (nSPS) is 12.5. The van der Waals surface area contributed by atoms with E-state index in [9.17, 15) is 4.79 Å². The fraction of sp³-hybridized carbons (Fsp3) is 0.400. The molecule has 1 aromatic carbocycles. The first kappa shape index (κ1) is 15.2. The standard InChI is InChI=1S/C15H21NO3/c1-3-7-13(15(17)18)16-11-6-9-12-8-4-5-10-14(12)19-2/h4-6,8-10,13,16H,3,7,11H2,1-2H3,(H,17,18)/b9-6+. The minimum Gasteiger partial charge on any atom is -0.496 e. The molecule has 1 rings (SSSR count). The lowest BCUT2D eigenvalue weighted by atomic mass is 10.1. The van der Waals surface area contributed by atoms with Crippen molar-refractivity contribution in [3.8, 4) is 5.75 Å². The van der Waals surface area contributed by atoms with E-state index in [1.54, 1.807) is 7.11 Å². The molecule has 1 aromatic rings. The Balaban J connectivity index is 2.51. The Labute approximate surface area is 114 Å². The molecule has 0 bridgehead atoms. The summed E-state index contributed by atoms with van der Waals surface area (Å²) in [7, 11) is 1.63. The molecule has 0 aliphatic rings. The molecule has 4 heteroatoms. The number of nitrogens with one attached hydrogen (secondary N) is 1. The van der Waals surface area contributed by atoms with Crippen LogP contribution in [-0.4, -0.2) is 30.8 Å². The molecular formula is C15H21NO3. The van der Waals surface area contributed by atoms with Gasteiger partial charge < -0.3 is 15.2 Å². The average Bonchev–Trinajstić information content (AvgIpc) is 2.42. The fourth-order valence-corrected chi connectivity index (χ4v) is 1.80. The topological polar surface area (TPSA) is 58.6 Å². The van der Waals surface area contributed by atoms with Crippen molar-refractivity contribution in [2.75, 3.05) is 13.7 Å². The van der Waals surface area contributed by atoms with Gasteiger partial charge in [-0.25, -0.2) is 0 Å². The number of para-hydroxylation sites is 1. The van der Waals surface area contributed by atoms with Gasteiger partial charge in [-0.1, -0.05) is 43.7 Å². The van der Waals surface area contributed by atoms with Crippen molar-refractivity contribution in [1.29, 1.82) is 0 Å². The van der Waals surface area contributed by atoms with Crippen molar-refractivity contribution in [3.05, 3.63) is 35.9 Å². The molecule has 1 atom stereocenters. The predicted octanol–water partition coefficient (Wildman–Crippen LogP) is 2.55. The monoisotopic (exact) mass is 263 g/mol. The highest BCUT2D eigenvalue weighted by Gasteiger charge is 2.13. The summed E-state index contributed by atoms with van der Waals surface area (Å²) >= 11 is 0. The van der Waals surface area contributed by atoms with Crippen LogP contribution in [0.2, 0.25) is 0 Å². The molecule has 0 aromatic heterocycles. The highest BCUT2D eigenvalue weighted by Crippen LogP contribution is 2.18. The van der Waals surface area contributed by atoms with Gasteiger partial charge in [-0.3, -0.25) is 4.79 Å². The van der Waals surface area contributed by atoms with Crippen LogP contribution in [0.25, 0.3) is 6.08 Å². The summed E-state index contributed by atoms with van der Waals surface area (Å²) < 4.78 is 5.23. The largest absolute Gasteiger partial charge is 0.496 e. The molecule has 0 heterocycles. The molecule has 0 fully saturated rings. The average molecular weight is 263 g/mol. The number of hydrogen-bond donors (Lipinski definition) is 2. The van der Waals surface area contributed by atoms with Crippen LogP contribution in [0.1, 0.15) is 25.3 Å². The summed E-state index contributed by atoms with van der Waals surface area (Å²) in [6.45, 7) is 2.50. The van der Waals surface area contributed by atoms with E-state index < -0.39 is 12.0 Å². The number of methoxy groups -OCH3 is 1. The molecule has 19 heavy (non-hydrogen) atoms. The van der Waals surface area contributed by atoms with E-state index in [0.29, 0.717) is 13.0 Å². The van der Waals surface area contributed by atoms with E-state index in [1.807, 2.05) is 43.3 Å². The molecule has 0 saturated heterocycles. The van der Waals surface area contributed by atoms with Crippen LogP contribution in [0.5, 0.6) is 5.75 Å². The van der Waals surface area contributed by atoms with Crippen LogP contribution >= 0.6 is 0 Å². The highest BCUT2D eigenvalue weighted by molar-refractivity contribution is 5.73. The van der Waals surface area contributed by atoms with Gasteiger partial charge in [0, 0.05) is 12.1 Å². The van der Waals surface area contributed by atoms with Crippen molar-refractivity contribution in [2.45, 2.75) is 25.8 Å². The third-order valence-corrected chi connectivity index (χ3v) is 2.79. The maximum Gasteiger partial charge on any atom is 0.320 e. The minimum absolute atomic E-state index is 0.479. The van der Waals surface area contributed by atoms with E-state index in [2.05, 4.69) is 5.32 Å². The molecule has 0 saturated carbocycles. The van der Waals surface area contributed by atoms with E-state index in [0.717, 1.165) is 17.7 Å². The number of rotatable bonds is 8. The maximum absolute atomic E-state index is 10.9. The van der Waals surface area contributed by atoms with Crippen molar-refractivity contribution >= 4 is 12.0 Å². The van der Waals surface area contributed by atoms with Crippen molar-refractivity contribution in [3.63, 3.8) is 0 Å². The minimum atomic E-state index is -0.799. The second kappa shape index (κ2) is 8.32. The quantitative estimate of drug-likeness (QED) is 0.756. The number of carboxylic acids is 1. The van der Waals surface area contributed by atoms with E-state index >= 15 is 0 Å². The lowest BCUT2D eigenvalue weighted by Gasteiger charge is -2.11. The van der Waals surface area contributed by atoms with E-state index in [-0.39, 0.29) is 0 Å². The molecule has 0 radical (unpaired) electrons. The van der Waals surface area contributed by atoms with Crippen LogP contribution in [0.3, 0.4) is 0 Å². The van der Waals surface area contributed by atoms with Gasteiger partial charge >= 0.3 is 5.97 Å². The number of ether oxygens (including phenoxy) is 1. The Morgan fingerprint density at radius 2 is 2.21 bits per heavy atom. The SMILES string of the molecule is CCCC(NC/C=C/c1ccccc1OC)C(=O)O. The van der Waals surface area contributed by atoms with Crippen LogP contribution in [0.15, 0.2) is 30.3 Å². The number of aliphatic carboxylic acids is 1. The molecule has 2 N–H and O–H groups in total. The molecule has 0 aliphatic heterocycles. The summed E-state index contributed by atoms with van der Waals surface area (Å²) in [5.74, 6) is 0.00892. The van der Waals surface area contributed by atoms with Crippen LogP contribution < -0.4 is 10.1 Å². The molecule has 4 nitrogen and oxygen atoms in total. The van der Waals surface area contributed by atoms with Gasteiger partial charge in [0.2, 0.25) is 0 Å². The first-order valence-corrected chi connectivity index (χ1v) is 6.44. The van der Waals surface area contributed by atoms with Gasteiger partial charge in [-0.2, -0.15) is 0 Å². The van der Waals surface area contributed by atoms with Gasteiger partial charge in [-0.15, -0.1) is 0 Å². The number of benzene rings is 1. The Morgan fingerprint density at radius 3 is 2.84 bits per heavy atom.